The lowest BCUT2D eigenvalue weighted by Gasteiger charge is -2.01. The van der Waals surface area contributed by atoms with Gasteiger partial charge in [0.05, 0.1) is 0 Å². The van der Waals surface area contributed by atoms with Crippen molar-refractivity contribution in [2.75, 3.05) is 0 Å². The summed E-state index contributed by atoms with van der Waals surface area (Å²) in [5, 5.41) is 10.3. The Balaban J connectivity index is 2.73. The number of H-pyrrole nitrogens is 1. The number of carbonyl (C=O) groups excluding carboxylic acids is 1. The van der Waals surface area contributed by atoms with Crippen LogP contribution >= 0.6 is 0 Å². The van der Waals surface area contributed by atoms with Gasteiger partial charge in [0.2, 0.25) is 0 Å². The summed E-state index contributed by atoms with van der Waals surface area (Å²) in [4.78, 5) is 17.6. The summed E-state index contributed by atoms with van der Waals surface area (Å²) in [6.07, 6.45) is 2.74. The lowest BCUT2D eigenvalue weighted by Crippen LogP contribution is -1.99. The van der Waals surface area contributed by atoms with E-state index >= 15 is 0 Å². The number of aromatic amines is 1. The van der Waals surface area contributed by atoms with Crippen LogP contribution in [0.4, 0.5) is 0 Å². The Morgan fingerprint density at radius 2 is 2.43 bits per heavy atom. The molecular formula is C10H10N2O2. The van der Waals surface area contributed by atoms with Crippen molar-refractivity contribution in [3.63, 3.8) is 0 Å². The maximum Gasteiger partial charge on any atom is 0.153 e. The molecule has 72 valence electrons. The molecule has 2 N–H and O–H groups in total. The number of hydrogen-bond acceptors (Lipinski definition) is 3. The van der Waals surface area contributed by atoms with Crippen molar-refractivity contribution >= 4 is 17.2 Å². The number of aliphatic hydroxyl groups excluding tert-OH is 1. The monoisotopic (exact) mass is 190 g/mol. The van der Waals surface area contributed by atoms with Crippen LogP contribution in [0.25, 0.3) is 10.9 Å². The van der Waals surface area contributed by atoms with Crippen molar-refractivity contribution < 1.29 is 9.90 Å². The Bertz CT molecular complexity index is 476. The summed E-state index contributed by atoms with van der Waals surface area (Å²) >= 11 is 0. The van der Waals surface area contributed by atoms with Gasteiger partial charge in [0, 0.05) is 34.6 Å². The maximum atomic E-state index is 10.5. The lowest BCUT2D eigenvalue weighted by molar-refractivity contribution is -0.115. The number of carbonyl (C=O) groups is 1. The summed E-state index contributed by atoms with van der Waals surface area (Å²) in [5.41, 5.74) is 2.30. The number of rotatable bonds is 2. The van der Waals surface area contributed by atoms with E-state index in [1.54, 1.807) is 12.4 Å². The third kappa shape index (κ3) is 1.20. The Kier molecular flexibility index (Phi) is 2.05. The highest BCUT2D eigenvalue weighted by molar-refractivity contribution is 5.86. The molecule has 4 nitrogen and oxygen atoms in total. The minimum Gasteiger partial charge on any atom is -0.381 e. The van der Waals surface area contributed by atoms with E-state index in [2.05, 4.69) is 9.97 Å². The van der Waals surface area contributed by atoms with Gasteiger partial charge in [0.1, 0.15) is 6.10 Å². The summed E-state index contributed by atoms with van der Waals surface area (Å²) < 4.78 is 0. The Morgan fingerprint density at radius 3 is 3.14 bits per heavy atom. The highest BCUT2D eigenvalue weighted by Crippen LogP contribution is 2.25. The molecule has 2 aromatic heterocycles. The van der Waals surface area contributed by atoms with Gasteiger partial charge < -0.3 is 14.9 Å². The fourth-order valence-electron chi connectivity index (χ4n) is 1.64. The number of fused-ring (bicyclic) bond motifs is 1. The molecule has 1 atom stereocenters. The van der Waals surface area contributed by atoms with Crippen LogP contribution in [-0.4, -0.2) is 21.4 Å². The molecule has 0 aromatic carbocycles. The zero-order valence-corrected chi connectivity index (χ0v) is 7.69. The maximum absolute atomic E-state index is 10.5. The second-order valence-electron chi connectivity index (χ2n) is 3.17. The molecule has 2 heterocycles. The van der Waals surface area contributed by atoms with Gasteiger partial charge in [0.25, 0.3) is 0 Å². The molecule has 0 spiro atoms. The van der Waals surface area contributed by atoms with E-state index in [1.165, 1.54) is 0 Å². The fraction of sp³-hybridized carbons (Fsp3) is 0.200. The Labute approximate surface area is 80.6 Å². The number of aromatic nitrogens is 2. The molecule has 0 saturated heterocycles. The first kappa shape index (κ1) is 8.90. The zero-order valence-electron chi connectivity index (χ0n) is 7.69. The van der Waals surface area contributed by atoms with Gasteiger partial charge in [-0.15, -0.1) is 0 Å². The average molecular weight is 190 g/mol. The van der Waals surface area contributed by atoms with Gasteiger partial charge in [-0.05, 0) is 13.0 Å². The van der Waals surface area contributed by atoms with Gasteiger partial charge in [-0.25, -0.2) is 0 Å². The van der Waals surface area contributed by atoms with Crippen LogP contribution in [-0.2, 0) is 4.79 Å². The third-order valence-corrected chi connectivity index (χ3v) is 2.26. The molecule has 2 aromatic rings. The molecule has 0 fully saturated rings. The summed E-state index contributed by atoms with van der Waals surface area (Å²) in [5.74, 6) is 0. The first-order valence-corrected chi connectivity index (χ1v) is 4.29. The Hall–Kier alpha value is -1.68. The van der Waals surface area contributed by atoms with E-state index in [1.807, 2.05) is 13.0 Å². The van der Waals surface area contributed by atoms with Crippen molar-refractivity contribution in [3.8, 4) is 0 Å². The quantitative estimate of drug-likeness (QED) is 0.697. The second kappa shape index (κ2) is 3.23. The number of aryl methyl sites for hydroxylation is 1. The molecule has 0 aliphatic rings. The lowest BCUT2D eigenvalue weighted by atomic mass is 10.1. The molecule has 0 saturated carbocycles. The molecule has 0 bridgehead atoms. The molecule has 1 unspecified atom stereocenters. The first-order chi connectivity index (χ1) is 6.74. The summed E-state index contributed by atoms with van der Waals surface area (Å²) in [6, 6.07) is 1.81. The first-order valence-electron chi connectivity index (χ1n) is 4.29. The Morgan fingerprint density at radius 1 is 1.64 bits per heavy atom. The van der Waals surface area contributed by atoms with Crippen molar-refractivity contribution in [1.29, 1.82) is 0 Å². The SMILES string of the molecule is Cc1[nH]c2ccncc2c1C(O)C=O. The van der Waals surface area contributed by atoms with Gasteiger partial charge in [-0.3, -0.25) is 4.98 Å². The second-order valence-corrected chi connectivity index (χ2v) is 3.17. The van der Waals surface area contributed by atoms with Crippen molar-refractivity contribution in [1.82, 2.24) is 9.97 Å². The van der Waals surface area contributed by atoms with Crippen LogP contribution < -0.4 is 0 Å². The van der Waals surface area contributed by atoms with E-state index in [-0.39, 0.29) is 0 Å². The van der Waals surface area contributed by atoms with Crippen LogP contribution in [0.2, 0.25) is 0 Å². The average Bonchev–Trinajstić information content (AvgIpc) is 2.53. The summed E-state index contributed by atoms with van der Waals surface area (Å²) in [6.45, 7) is 1.82. The molecule has 2 rings (SSSR count). The number of hydrogen-bond donors (Lipinski definition) is 2. The topological polar surface area (TPSA) is 66.0 Å². The van der Waals surface area contributed by atoms with Crippen molar-refractivity contribution in [3.05, 3.63) is 29.7 Å². The van der Waals surface area contributed by atoms with Crippen LogP contribution in [0.5, 0.6) is 0 Å². The molecule has 0 aliphatic heterocycles. The molecule has 0 radical (unpaired) electrons. The van der Waals surface area contributed by atoms with Crippen LogP contribution in [0.1, 0.15) is 17.4 Å². The highest BCUT2D eigenvalue weighted by Gasteiger charge is 2.15. The number of nitrogens with zero attached hydrogens (tertiary/aromatic N) is 1. The predicted molar refractivity (Wildman–Crippen MR) is 51.9 cm³/mol. The highest BCUT2D eigenvalue weighted by atomic mass is 16.3. The zero-order chi connectivity index (χ0) is 10.1. The largest absolute Gasteiger partial charge is 0.381 e. The van der Waals surface area contributed by atoms with Gasteiger partial charge >= 0.3 is 0 Å². The number of aliphatic hydroxyl groups is 1. The van der Waals surface area contributed by atoms with Crippen molar-refractivity contribution in [2.24, 2.45) is 0 Å². The summed E-state index contributed by atoms with van der Waals surface area (Å²) in [7, 11) is 0. The molecule has 0 aliphatic carbocycles. The van der Waals surface area contributed by atoms with Crippen molar-refractivity contribution in [2.45, 2.75) is 13.0 Å². The van der Waals surface area contributed by atoms with Crippen LogP contribution in [0, 0.1) is 6.92 Å². The molecular weight excluding hydrogens is 180 g/mol. The smallest absolute Gasteiger partial charge is 0.153 e. The van der Waals surface area contributed by atoms with Gasteiger partial charge in [0.15, 0.2) is 6.29 Å². The minimum absolute atomic E-state index is 0.516. The third-order valence-electron chi connectivity index (χ3n) is 2.26. The molecule has 0 amide bonds. The number of aldehydes is 1. The van der Waals surface area contributed by atoms with Crippen LogP contribution in [0.15, 0.2) is 18.5 Å². The van der Waals surface area contributed by atoms with Gasteiger partial charge in [-0.1, -0.05) is 0 Å². The van der Waals surface area contributed by atoms with E-state index in [9.17, 15) is 9.90 Å². The molecule has 14 heavy (non-hydrogen) atoms. The normalized spacial score (nSPS) is 13.0. The predicted octanol–water partition coefficient (Wildman–Crippen LogP) is 1.10. The fourth-order valence-corrected chi connectivity index (χ4v) is 1.64. The van der Waals surface area contributed by atoms with Crippen LogP contribution in [0.3, 0.4) is 0 Å². The van der Waals surface area contributed by atoms with E-state index in [0.29, 0.717) is 11.8 Å². The van der Waals surface area contributed by atoms with E-state index in [4.69, 9.17) is 0 Å². The minimum atomic E-state index is -1.08. The van der Waals surface area contributed by atoms with E-state index in [0.717, 1.165) is 16.6 Å². The standard InChI is InChI=1S/C10H10N2O2/c1-6-10(9(14)5-13)7-4-11-3-2-8(7)12-6/h2-5,9,12,14H,1H3. The van der Waals surface area contributed by atoms with Gasteiger partial charge in [-0.2, -0.15) is 0 Å². The van der Waals surface area contributed by atoms with E-state index < -0.39 is 6.10 Å². The molecule has 4 heteroatoms. The number of nitrogens with one attached hydrogen (secondary N) is 1. The number of pyridine rings is 1.